The Balaban J connectivity index is 1.82. The molecular weight excluding hydrogens is 304 g/mol. The fraction of sp³-hybridized carbons (Fsp3) is 0.389. The van der Waals surface area contributed by atoms with Crippen LogP contribution >= 0.6 is 0 Å². The minimum atomic E-state index is -0.0234. The first kappa shape index (κ1) is 16.4. The van der Waals surface area contributed by atoms with E-state index in [1.54, 1.807) is 17.3 Å². The van der Waals surface area contributed by atoms with Gasteiger partial charge in [0, 0.05) is 31.4 Å². The van der Waals surface area contributed by atoms with E-state index in [1.165, 1.54) is 0 Å². The van der Waals surface area contributed by atoms with Crippen molar-refractivity contribution in [1.29, 1.82) is 0 Å². The number of likely N-dealkylation sites (tertiary alicyclic amines) is 1. The second kappa shape index (κ2) is 7.40. The highest BCUT2D eigenvalue weighted by Gasteiger charge is 2.27. The molecule has 1 aliphatic rings. The molecule has 1 saturated heterocycles. The third-order valence-electron chi connectivity index (χ3n) is 4.23. The zero-order valence-corrected chi connectivity index (χ0v) is 13.8. The lowest BCUT2D eigenvalue weighted by Crippen LogP contribution is -2.42. The van der Waals surface area contributed by atoms with E-state index in [1.807, 2.05) is 31.2 Å². The number of rotatable bonds is 4. The molecule has 1 aromatic carbocycles. The minimum Gasteiger partial charge on any atom is -0.437 e. The van der Waals surface area contributed by atoms with Crippen LogP contribution in [0.2, 0.25) is 0 Å². The SMILES string of the molecule is Cc1cccc(Oc2nccnc2[C@@H]2CCCN(C(=O)CN)C2)c1. The largest absolute Gasteiger partial charge is 0.437 e. The van der Waals surface area contributed by atoms with Gasteiger partial charge >= 0.3 is 0 Å². The number of benzene rings is 1. The number of aromatic nitrogens is 2. The van der Waals surface area contributed by atoms with Crippen LogP contribution in [0.3, 0.4) is 0 Å². The zero-order chi connectivity index (χ0) is 16.9. The highest BCUT2D eigenvalue weighted by atomic mass is 16.5. The molecule has 2 aromatic rings. The molecule has 6 nitrogen and oxygen atoms in total. The number of piperidine rings is 1. The predicted octanol–water partition coefficient (Wildman–Crippen LogP) is 2.24. The summed E-state index contributed by atoms with van der Waals surface area (Å²) in [7, 11) is 0. The van der Waals surface area contributed by atoms with E-state index in [9.17, 15) is 4.79 Å². The lowest BCUT2D eigenvalue weighted by molar-refractivity contribution is -0.130. The molecule has 0 unspecified atom stereocenters. The van der Waals surface area contributed by atoms with Crippen LogP contribution in [-0.2, 0) is 4.79 Å². The fourth-order valence-electron chi connectivity index (χ4n) is 3.04. The van der Waals surface area contributed by atoms with Crippen LogP contribution in [0.25, 0.3) is 0 Å². The Morgan fingerprint density at radius 2 is 2.21 bits per heavy atom. The fourth-order valence-corrected chi connectivity index (χ4v) is 3.04. The maximum absolute atomic E-state index is 11.9. The van der Waals surface area contributed by atoms with Crippen LogP contribution in [0.4, 0.5) is 0 Å². The van der Waals surface area contributed by atoms with Gasteiger partial charge in [-0.15, -0.1) is 0 Å². The van der Waals surface area contributed by atoms with Crippen molar-refractivity contribution in [2.24, 2.45) is 5.73 Å². The summed E-state index contributed by atoms with van der Waals surface area (Å²) in [4.78, 5) is 22.5. The standard InChI is InChI=1S/C18H22N4O2/c1-13-4-2-6-15(10-13)24-18-17(20-7-8-21-18)14-5-3-9-22(12-14)16(23)11-19/h2,4,6-8,10,14H,3,5,9,11-12,19H2,1H3/t14-/m1/s1. The van der Waals surface area contributed by atoms with Gasteiger partial charge in [0.1, 0.15) is 11.4 Å². The first-order valence-electron chi connectivity index (χ1n) is 8.20. The van der Waals surface area contributed by atoms with Gasteiger partial charge < -0.3 is 15.4 Å². The number of hydrogen-bond acceptors (Lipinski definition) is 5. The molecule has 0 saturated carbocycles. The van der Waals surface area contributed by atoms with Gasteiger partial charge in [0.25, 0.3) is 0 Å². The normalized spacial score (nSPS) is 17.6. The molecule has 24 heavy (non-hydrogen) atoms. The molecule has 0 bridgehead atoms. The maximum Gasteiger partial charge on any atom is 0.241 e. The highest BCUT2D eigenvalue weighted by Crippen LogP contribution is 2.32. The lowest BCUT2D eigenvalue weighted by atomic mass is 9.94. The van der Waals surface area contributed by atoms with E-state index in [0.717, 1.165) is 36.4 Å². The van der Waals surface area contributed by atoms with Crippen LogP contribution in [0.15, 0.2) is 36.7 Å². The number of amides is 1. The Hall–Kier alpha value is -2.47. The molecule has 0 spiro atoms. The van der Waals surface area contributed by atoms with Gasteiger partial charge in [0.2, 0.25) is 11.8 Å². The first-order valence-corrected chi connectivity index (χ1v) is 8.20. The van der Waals surface area contributed by atoms with Crippen LogP contribution in [-0.4, -0.2) is 40.4 Å². The minimum absolute atomic E-state index is 0.0234. The number of carbonyl (C=O) groups excluding carboxylic acids is 1. The summed E-state index contributed by atoms with van der Waals surface area (Å²) in [5.41, 5.74) is 7.41. The first-order chi connectivity index (χ1) is 11.7. The number of ether oxygens (including phenoxy) is 1. The van der Waals surface area contributed by atoms with Crippen molar-refractivity contribution >= 4 is 5.91 Å². The Labute approximate surface area is 141 Å². The molecule has 1 atom stereocenters. The zero-order valence-electron chi connectivity index (χ0n) is 13.8. The quantitative estimate of drug-likeness (QED) is 0.932. The molecule has 1 aliphatic heterocycles. The Bertz CT molecular complexity index is 720. The van der Waals surface area contributed by atoms with Crippen LogP contribution in [0.1, 0.15) is 30.0 Å². The second-order valence-corrected chi connectivity index (χ2v) is 6.05. The van der Waals surface area contributed by atoms with Crippen molar-refractivity contribution in [2.75, 3.05) is 19.6 Å². The average molecular weight is 326 g/mol. The molecule has 1 amide bonds. The van der Waals surface area contributed by atoms with Gasteiger partial charge in [-0.3, -0.25) is 9.78 Å². The molecule has 6 heteroatoms. The second-order valence-electron chi connectivity index (χ2n) is 6.05. The van der Waals surface area contributed by atoms with Gasteiger partial charge in [-0.25, -0.2) is 4.98 Å². The number of hydrogen-bond donors (Lipinski definition) is 1. The maximum atomic E-state index is 11.9. The molecule has 0 aliphatic carbocycles. The summed E-state index contributed by atoms with van der Waals surface area (Å²) in [6.07, 6.45) is 5.18. The van der Waals surface area contributed by atoms with Crippen molar-refractivity contribution in [3.63, 3.8) is 0 Å². The molecule has 2 heterocycles. The summed E-state index contributed by atoms with van der Waals surface area (Å²) < 4.78 is 5.96. The Morgan fingerprint density at radius 1 is 1.38 bits per heavy atom. The van der Waals surface area contributed by atoms with Gasteiger partial charge in [-0.1, -0.05) is 12.1 Å². The molecule has 126 valence electrons. The van der Waals surface area contributed by atoms with Gasteiger partial charge in [0.15, 0.2) is 0 Å². The molecule has 2 N–H and O–H groups in total. The molecular formula is C18H22N4O2. The summed E-state index contributed by atoms with van der Waals surface area (Å²) in [6.45, 7) is 3.42. The number of nitrogens with two attached hydrogens (primary N) is 1. The molecule has 3 rings (SSSR count). The van der Waals surface area contributed by atoms with E-state index in [4.69, 9.17) is 10.5 Å². The molecule has 1 fully saturated rings. The van der Waals surface area contributed by atoms with Crippen LogP contribution < -0.4 is 10.5 Å². The van der Waals surface area contributed by atoms with Crippen LogP contribution in [0, 0.1) is 6.92 Å². The van der Waals surface area contributed by atoms with Crippen molar-refractivity contribution in [3.8, 4) is 11.6 Å². The lowest BCUT2D eigenvalue weighted by Gasteiger charge is -2.32. The van der Waals surface area contributed by atoms with E-state index >= 15 is 0 Å². The van der Waals surface area contributed by atoms with Crippen molar-refractivity contribution in [3.05, 3.63) is 47.9 Å². The molecule has 0 radical (unpaired) electrons. The van der Waals surface area contributed by atoms with Crippen molar-refractivity contribution < 1.29 is 9.53 Å². The third kappa shape index (κ3) is 3.71. The molecule has 1 aromatic heterocycles. The van der Waals surface area contributed by atoms with E-state index < -0.39 is 0 Å². The van der Waals surface area contributed by atoms with Gasteiger partial charge in [-0.2, -0.15) is 0 Å². The van der Waals surface area contributed by atoms with Gasteiger partial charge in [0.05, 0.1) is 6.54 Å². The van der Waals surface area contributed by atoms with E-state index in [2.05, 4.69) is 9.97 Å². The predicted molar refractivity (Wildman–Crippen MR) is 90.9 cm³/mol. The number of aryl methyl sites for hydroxylation is 1. The van der Waals surface area contributed by atoms with Crippen molar-refractivity contribution in [1.82, 2.24) is 14.9 Å². The summed E-state index contributed by atoms with van der Waals surface area (Å²) in [5, 5.41) is 0. The monoisotopic (exact) mass is 326 g/mol. The highest BCUT2D eigenvalue weighted by molar-refractivity contribution is 5.78. The Kier molecular flexibility index (Phi) is 5.05. The smallest absolute Gasteiger partial charge is 0.241 e. The van der Waals surface area contributed by atoms with E-state index in [-0.39, 0.29) is 18.4 Å². The van der Waals surface area contributed by atoms with Gasteiger partial charge in [-0.05, 0) is 37.5 Å². The summed E-state index contributed by atoms with van der Waals surface area (Å²) in [5.74, 6) is 1.34. The van der Waals surface area contributed by atoms with E-state index in [0.29, 0.717) is 12.4 Å². The number of nitrogens with zero attached hydrogens (tertiary/aromatic N) is 3. The Morgan fingerprint density at radius 3 is 3.00 bits per heavy atom. The number of carbonyl (C=O) groups is 1. The average Bonchev–Trinajstić information content (AvgIpc) is 2.61. The summed E-state index contributed by atoms with van der Waals surface area (Å²) >= 11 is 0. The van der Waals surface area contributed by atoms with Crippen LogP contribution in [0.5, 0.6) is 11.6 Å². The summed E-state index contributed by atoms with van der Waals surface area (Å²) in [6, 6.07) is 7.82. The van der Waals surface area contributed by atoms with Crippen molar-refractivity contribution in [2.45, 2.75) is 25.7 Å². The third-order valence-corrected chi connectivity index (χ3v) is 4.23. The topological polar surface area (TPSA) is 81.3 Å².